The van der Waals surface area contributed by atoms with Gasteiger partial charge in [0, 0.05) is 10.0 Å². The van der Waals surface area contributed by atoms with Crippen LogP contribution in [0.15, 0.2) is 46.9 Å². The molecule has 0 spiro atoms. The number of nitriles is 1. The van der Waals surface area contributed by atoms with Gasteiger partial charge in [-0.15, -0.1) is 0 Å². The molecule has 0 atom stereocenters. The third kappa shape index (κ3) is 3.12. The average Bonchev–Trinajstić information content (AvgIpc) is 2.39. The second kappa shape index (κ2) is 5.55. The van der Waals surface area contributed by atoms with Gasteiger partial charge in [-0.25, -0.2) is 0 Å². The van der Waals surface area contributed by atoms with E-state index in [1.165, 1.54) is 12.1 Å². The second-order valence-corrected chi connectivity index (χ2v) is 4.72. The van der Waals surface area contributed by atoms with E-state index >= 15 is 0 Å². The van der Waals surface area contributed by atoms with Gasteiger partial charge < -0.3 is 10.4 Å². The molecule has 0 saturated carbocycles. The fourth-order valence-electron chi connectivity index (χ4n) is 1.56. The molecule has 0 radical (unpaired) electrons. The van der Waals surface area contributed by atoms with Crippen LogP contribution in [0.1, 0.15) is 15.9 Å². The van der Waals surface area contributed by atoms with Crippen molar-refractivity contribution in [1.29, 1.82) is 5.26 Å². The first kappa shape index (κ1) is 13.1. The Labute approximate surface area is 118 Å². The number of benzene rings is 2. The van der Waals surface area contributed by atoms with E-state index in [0.717, 1.165) is 4.47 Å². The number of rotatable bonds is 2. The summed E-state index contributed by atoms with van der Waals surface area (Å²) in [5.41, 5.74) is 1.12. The lowest BCUT2D eigenvalue weighted by atomic mass is 10.1. The number of anilines is 1. The molecule has 2 rings (SSSR count). The molecule has 2 N–H and O–H groups in total. The van der Waals surface area contributed by atoms with Crippen molar-refractivity contribution >= 4 is 27.5 Å². The summed E-state index contributed by atoms with van der Waals surface area (Å²) in [6, 6.07) is 13.0. The van der Waals surface area contributed by atoms with Crippen LogP contribution in [-0.4, -0.2) is 11.0 Å². The van der Waals surface area contributed by atoms with E-state index in [0.29, 0.717) is 16.8 Å². The van der Waals surface area contributed by atoms with Crippen LogP contribution in [0.4, 0.5) is 5.69 Å². The van der Waals surface area contributed by atoms with Gasteiger partial charge in [-0.2, -0.15) is 5.26 Å². The molecular formula is C14H9BrN2O2. The molecule has 0 aliphatic carbocycles. The number of hydrogen-bond acceptors (Lipinski definition) is 3. The highest BCUT2D eigenvalue weighted by atomic mass is 79.9. The molecule has 0 bridgehead atoms. The van der Waals surface area contributed by atoms with Crippen LogP contribution >= 0.6 is 15.9 Å². The van der Waals surface area contributed by atoms with Crippen LogP contribution in [0.5, 0.6) is 5.75 Å². The molecule has 5 heteroatoms. The largest absolute Gasteiger partial charge is 0.508 e. The molecule has 19 heavy (non-hydrogen) atoms. The van der Waals surface area contributed by atoms with Gasteiger partial charge in [0.2, 0.25) is 0 Å². The first-order valence-electron chi connectivity index (χ1n) is 5.40. The minimum Gasteiger partial charge on any atom is -0.508 e. The van der Waals surface area contributed by atoms with Crippen molar-refractivity contribution < 1.29 is 9.90 Å². The molecular weight excluding hydrogens is 308 g/mol. The maximum atomic E-state index is 12.0. The Morgan fingerprint density at radius 3 is 2.74 bits per heavy atom. The summed E-state index contributed by atoms with van der Waals surface area (Å²) >= 11 is 3.28. The van der Waals surface area contributed by atoms with Gasteiger partial charge in [-0.1, -0.05) is 22.0 Å². The maximum absolute atomic E-state index is 12.0. The van der Waals surface area contributed by atoms with Crippen molar-refractivity contribution in [2.24, 2.45) is 0 Å². The van der Waals surface area contributed by atoms with E-state index in [4.69, 9.17) is 5.26 Å². The molecule has 1 amide bonds. The Hall–Kier alpha value is -2.32. The lowest BCUT2D eigenvalue weighted by Crippen LogP contribution is -2.12. The van der Waals surface area contributed by atoms with Crippen molar-refractivity contribution in [2.75, 3.05) is 5.32 Å². The number of nitrogens with one attached hydrogen (secondary N) is 1. The first-order chi connectivity index (χ1) is 9.10. The second-order valence-electron chi connectivity index (χ2n) is 3.81. The third-order valence-corrected chi connectivity index (χ3v) is 2.95. The van der Waals surface area contributed by atoms with Crippen LogP contribution in [0, 0.1) is 11.3 Å². The summed E-state index contributed by atoms with van der Waals surface area (Å²) in [5, 5.41) is 21.0. The zero-order chi connectivity index (χ0) is 13.8. The van der Waals surface area contributed by atoms with Gasteiger partial charge >= 0.3 is 0 Å². The number of amides is 1. The van der Waals surface area contributed by atoms with Crippen LogP contribution in [0.25, 0.3) is 0 Å². The number of carbonyl (C=O) groups is 1. The molecule has 0 unspecified atom stereocenters. The summed E-state index contributed by atoms with van der Waals surface area (Å²) in [4.78, 5) is 12.0. The zero-order valence-corrected chi connectivity index (χ0v) is 11.3. The van der Waals surface area contributed by atoms with Crippen LogP contribution < -0.4 is 5.32 Å². The SMILES string of the molecule is N#Cc1ccc(Br)cc1NC(=O)c1cccc(O)c1. The van der Waals surface area contributed by atoms with Crippen LogP contribution in [0.2, 0.25) is 0 Å². The molecule has 0 fully saturated rings. The molecule has 0 saturated heterocycles. The Bertz CT molecular complexity index is 677. The normalized spacial score (nSPS) is 9.68. The molecule has 4 nitrogen and oxygen atoms in total. The number of phenols is 1. The molecule has 0 aliphatic heterocycles. The van der Waals surface area contributed by atoms with Crippen molar-refractivity contribution in [2.45, 2.75) is 0 Å². The van der Waals surface area contributed by atoms with Crippen molar-refractivity contribution in [3.8, 4) is 11.8 Å². The number of nitrogens with zero attached hydrogens (tertiary/aromatic N) is 1. The van der Waals surface area contributed by atoms with E-state index in [1.54, 1.807) is 30.3 Å². The number of aromatic hydroxyl groups is 1. The first-order valence-corrected chi connectivity index (χ1v) is 6.19. The summed E-state index contributed by atoms with van der Waals surface area (Å²) in [6.45, 7) is 0. The summed E-state index contributed by atoms with van der Waals surface area (Å²) in [6.07, 6.45) is 0. The predicted molar refractivity (Wildman–Crippen MR) is 74.9 cm³/mol. The molecule has 2 aromatic rings. The summed E-state index contributed by atoms with van der Waals surface area (Å²) in [7, 11) is 0. The predicted octanol–water partition coefficient (Wildman–Crippen LogP) is 3.28. The lowest BCUT2D eigenvalue weighted by molar-refractivity contribution is 0.102. The highest BCUT2D eigenvalue weighted by Crippen LogP contribution is 2.22. The Kier molecular flexibility index (Phi) is 3.83. The summed E-state index contributed by atoms with van der Waals surface area (Å²) in [5.74, 6) is -0.368. The average molecular weight is 317 g/mol. The smallest absolute Gasteiger partial charge is 0.255 e. The lowest BCUT2D eigenvalue weighted by Gasteiger charge is -2.07. The maximum Gasteiger partial charge on any atom is 0.255 e. The molecule has 0 aliphatic rings. The van der Waals surface area contributed by atoms with Gasteiger partial charge in [0.05, 0.1) is 11.3 Å². The minimum absolute atomic E-state index is 0.0161. The van der Waals surface area contributed by atoms with Gasteiger partial charge in [0.15, 0.2) is 0 Å². The van der Waals surface area contributed by atoms with E-state index in [-0.39, 0.29) is 11.7 Å². The zero-order valence-electron chi connectivity index (χ0n) is 9.72. The standard InChI is InChI=1S/C14H9BrN2O2/c15-11-5-4-10(8-16)13(7-11)17-14(19)9-2-1-3-12(18)6-9/h1-7,18H,(H,17,19). The molecule has 94 valence electrons. The van der Waals surface area contributed by atoms with Gasteiger partial charge in [0.1, 0.15) is 11.8 Å². The van der Waals surface area contributed by atoms with Crippen molar-refractivity contribution in [1.82, 2.24) is 0 Å². The van der Waals surface area contributed by atoms with Gasteiger partial charge in [-0.3, -0.25) is 4.79 Å². The Morgan fingerprint density at radius 2 is 2.05 bits per heavy atom. The number of phenolic OH excluding ortho intramolecular Hbond substituents is 1. The van der Waals surface area contributed by atoms with Crippen molar-refractivity contribution in [3.63, 3.8) is 0 Å². The van der Waals surface area contributed by atoms with E-state index < -0.39 is 0 Å². The van der Waals surface area contributed by atoms with Gasteiger partial charge in [-0.05, 0) is 36.4 Å². The number of halogens is 1. The minimum atomic E-state index is -0.384. The van der Waals surface area contributed by atoms with Crippen LogP contribution in [-0.2, 0) is 0 Å². The summed E-state index contributed by atoms with van der Waals surface area (Å²) < 4.78 is 0.762. The molecule has 2 aromatic carbocycles. The van der Waals surface area contributed by atoms with E-state index in [1.807, 2.05) is 6.07 Å². The number of hydrogen-bond donors (Lipinski definition) is 2. The quantitative estimate of drug-likeness (QED) is 0.893. The Balaban J connectivity index is 2.29. The molecule has 0 heterocycles. The fourth-order valence-corrected chi connectivity index (χ4v) is 1.92. The van der Waals surface area contributed by atoms with Crippen molar-refractivity contribution in [3.05, 3.63) is 58.1 Å². The van der Waals surface area contributed by atoms with Gasteiger partial charge in [0.25, 0.3) is 5.91 Å². The van der Waals surface area contributed by atoms with E-state index in [9.17, 15) is 9.90 Å². The Morgan fingerprint density at radius 1 is 1.26 bits per heavy atom. The third-order valence-electron chi connectivity index (χ3n) is 2.46. The number of carbonyl (C=O) groups excluding carboxylic acids is 1. The highest BCUT2D eigenvalue weighted by molar-refractivity contribution is 9.10. The molecule has 0 aromatic heterocycles. The topological polar surface area (TPSA) is 73.1 Å². The highest BCUT2D eigenvalue weighted by Gasteiger charge is 2.10. The van der Waals surface area contributed by atoms with E-state index in [2.05, 4.69) is 21.2 Å². The fraction of sp³-hybridized carbons (Fsp3) is 0. The van der Waals surface area contributed by atoms with Crippen LogP contribution in [0.3, 0.4) is 0 Å². The monoisotopic (exact) mass is 316 g/mol.